The molecule has 0 aliphatic rings. The summed E-state index contributed by atoms with van der Waals surface area (Å²) in [7, 11) is 0. The van der Waals surface area contributed by atoms with Crippen LogP contribution in [0.4, 0.5) is 0 Å². The largest absolute Gasteiger partial charge is 0.490 e. The SMILES string of the molecule is Cc1nnc(CCCOc2ccccc2OCCO)o1. The summed E-state index contributed by atoms with van der Waals surface area (Å²) in [6, 6.07) is 7.39. The Kier molecular flexibility index (Phi) is 5.37. The molecular weight excluding hydrogens is 260 g/mol. The molecule has 6 heteroatoms. The summed E-state index contributed by atoms with van der Waals surface area (Å²) in [6.45, 7) is 2.52. The van der Waals surface area contributed by atoms with Crippen molar-refractivity contribution >= 4 is 0 Å². The Hall–Kier alpha value is -2.08. The van der Waals surface area contributed by atoms with E-state index in [0.717, 1.165) is 6.42 Å². The maximum Gasteiger partial charge on any atom is 0.216 e. The number of hydrogen-bond donors (Lipinski definition) is 1. The molecule has 0 saturated carbocycles. The zero-order valence-corrected chi connectivity index (χ0v) is 11.4. The third-order valence-corrected chi connectivity index (χ3v) is 2.56. The summed E-state index contributed by atoms with van der Waals surface area (Å²) in [6.07, 6.45) is 1.45. The van der Waals surface area contributed by atoms with Gasteiger partial charge in [0.1, 0.15) is 6.61 Å². The lowest BCUT2D eigenvalue weighted by Gasteiger charge is -2.11. The Balaban J connectivity index is 1.78. The number of hydrogen-bond acceptors (Lipinski definition) is 6. The molecule has 0 amide bonds. The molecule has 0 spiro atoms. The summed E-state index contributed by atoms with van der Waals surface area (Å²) in [5.74, 6) is 2.50. The van der Waals surface area contributed by atoms with Crippen LogP contribution in [-0.2, 0) is 6.42 Å². The maximum atomic E-state index is 8.77. The van der Waals surface area contributed by atoms with Gasteiger partial charge in [0.25, 0.3) is 0 Å². The van der Waals surface area contributed by atoms with E-state index >= 15 is 0 Å². The first-order chi connectivity index (χ1) is 9.79. The highest BCUT2D eigenvalue weighted by Crippen LogP contribution is 2.26. The van der Waals surface area contributed by atoms with Gasteiger partial charge in [-0.1, -0.05) is 12.1 Å². The van der Waals surface area contributed by atoms with Crippen LogP contribution in [0.2, 0.25) is 0 Å². The highest BCUT2D eigenvalue weighted by Gasteiger charge is 2.05. The van der Waals surface area contributed by atoms with E-state index in [1.54, 1.807) is 6.92 Å². The third kappa shape index (κ3) is 4.24. The summed E-state index contributed by atoms with van der Waals surface area (Å²) in [5, 5.41) is 16.5. The van der Waals surface area contributed by atoms with Crippen LogP contribution >= 0.6 is 0 Å². The number of nitrogens with zero attached hydrogens (tertiary/aromatic N) is 2. The summed E-state index contributed by atoms with van der Waals surface area (Å²) in [5.41, 5.74) is 0. The second-order valence-electron chi connectivity index (χ2n) is 4.19. The molecule has 0 bridgehead atoms. The first-order valence-electron chi connectivity index (χ1n) is 6.54. The van der Waals surface area contributed by atoms with Gasteiger partial charge in [-0.3, -0.25) is 0 Å². The molecule has 1 N–H and O–H groups in total. The van der Waals surface area contributed by atoms with Gasteiger partial charge in [-0.05, 0) is 18.6 Å². The minimum Gasteiger partial charge on any atom is -0.490 e. The standard InChI is InChI=1S/C14H18N2O4/c1-11-15-16-14(20-11)7-4-9-18-12-5-2-3-6-13(12)19-10-8-17/h2-3,5-6,17H,4,7-10H2,1H3. The molecule has 1 heterocycles. The molecule has 0 aliphatic heterocycles. The zero-order valence-electron chi connectivity index (χ0n) is 11.4. The van der Waals surface area contributed by atoms with Gasteiger partial charge in [-0.15, -0.1) is 10.2 Å². The van der Waals surface area contributed by atoms with E-state index in [-0.39, 0.29) is 13.2 Å². The Morgan fingerprint density at radius 2 is 1.80 bits per heavy atom. The van der Waals surface area contributed by atoms with Crippen LogP contribution < -0.4 is 9.47 Å². The fourth-order valence-electron chi connectivity index (χ4n) is 1.69. The van der Waals surface area contributed by atoms with Gasteiger partial charge in [0, 0.05) is 13.3 Å². The van der Waals surface area contributed by atoms with Gasteiger partial charge in [-0.2, -0.15) is 0 Å². The van der Waals surface area contributed by atoms with E-state index < -0.39 is 0 Å². The van der Waals surface area contributed by atoms with E-state index in [0.29, 0.717) is 36.3 Å². The topological polar surface area (TPSA) is 77.6 Å². The van der Waals surface area contributed by atoms with Crippen LogP contribution in [0.15, 0.2) is 28.7 Å². The predicted octanol–water partition coefficient (Wildman–Crippen LogP) is 1.76. The van der Waals surface area contributed by atoms with Gasteiger partial charge >= 0.3 is 0 Å². The number of aliphatic hydroxyl groups is 1. The smallest absolute Gasteiger partial charge is 0.216 e. The van der Waals surface area contributed by atoms with Crippen molar-refractivity contribution in [3.8, 4) is 11.5 Å². The Labute approximate surface area is 117 Å². The lowest BCUT2D eigenvalue weighted by molar-refractivity contribution is 0.193. The highest BCUT2D eigenvalue weighted by molar-refractivity contribution is 5.39. The molecule has 0 aliphatic carbocycles. The number of ether oxygens (including phenoxy) is 2. The van der Waals surface area contributed by atoms with Crippen LogP contribution in [0.5, 0.6) is 11.5 Å². The molecule has 0 fully saturated rings. The molecule has 2 aromatic rings. The molecule has 0 radical (unpaired) electrons. The van der Waals surface area contributed by atoms with Crippen molar-refractivity contribution in [3.63, 3.8) is 0 Å². The summed E-state index contributed by atoms with van der Waals surface area (Å²) in [4.78, 5) is 0. The van der Waals surface area contributed by atoms with E-state index in [2.05, 4.69) is 10.2 Å². The summed E-state index contributed by atoms with van der Waals surface area (Å²) < 4.78 is 16.3. The molecule has 0 saturated heterocycles. The van der Waals surface area contributed by atoms with E-state index in [9.17, 15) is 0 Å². The minimum atomic E-state index is -0.0230. The summed E-state index contributed by atoms with van der Waals surface area (Å²) >= 11 is 0. The van der Waals surface area contributed by atoms with Crippen molar-refractivity contribution in [3.05, 3.63) is 36.0 Å². The molecule has 20 heavy (non-hydrogen) atoms. The van der Waals surface area contributed by atoms with Crippen LogP contribution in [0.25, 0.3) is 0 Å². The lowest BCUT2D eigenvalue weighted by Crippen LogP contribution is -2.05. The fourth-order valence-corrected chi connectivity index (χ4v) is 1.69. The van der Waals surface area contributed by atoms with Gasteiger partial charge < -0.3 is 19.0 Å². The van der Waals surface area contributed by atoms with Crippen molar-refractivity contribution < 1.29 is 19.0 Å². The molecule has 0 atom stereocenters. The first kappa shape index (κ1) is 14.3. The number of aromatic nitrogens is 2. The van der Waals surface area contributed by atoms with Crippen LogP contribution in [0, 0.1) is 6.92 Å². The van der Waals surface area contributed by atoms with Gasteiger partial charge in [0.2, 0.25) is 11.8 Å². The monoisotopic (exact) mass is 278 g/mol. The molecule has 0 unspecified atom stereocenters. The Bertz CT molecular complexity index is 527. The number of aryl methyl sites for hydroxylation is 2. The lowest BCUT2D eigenvalue weighted by atomic mass is 10.3. The second kappa shape index (κ2) is 7.49. The number of aliphatic hydroxyl groups excluding tert-OH is 1. The third-order valence-electron chi connectivity index (χ3n) is 2.56. The zero-order chi connectivity index (χ0) is 14.2. The van der Waals surface area contributed by atoms with Gasteiger partial charge in [0.05, 0.1) is 13.2 Å². The fraction of sp³-hybridized carbons (Fsp3) is 0.429. The Morgan fingerprint density at radius 1 is 1.10 bits per heavy atom. The highest BCUT2D eigenvalue weighted by atomic mass is 16.5. The average Bonchev–Trinajstić information content (AvgIpc) is 2.88. The average molecular weight is 278 g/mol. The van der Waals surface area contributed by atoms with E-state index in [1.807, 2.05) is 24.3 Å². The maximum absolute atomic E-state index is 8.77. The quantitative estimate of drug-likeness (QED) is 0.741. The minimum absolute atomic E-state index is 0.0230. The van der Waals surface area contributed by atoms with Crippen molar-refractivity contribution in [1.29, 1.82) is 0 Å². The van der Waals surface area contributed by atoms with Crippen molar-refractivity contribution in [2.75, 3.05) is 19.8 Å². The number of benzene rings is 1. The first-order valence-corrected chi connectivity index (χ1v) is 6.54. The van der Waals surface area contributed by atoms with E-state index in [1.165, 1.54) is 0 Å². The normalized spacial score (nSPS) is 10.5. The Morgan fingerprint density at radius 3 is 2.40 bits per heavy atom. The molecule has 108 valence electrons. The van der Waals surface area contributed by atoms with Crippen LogP contribution in [0.1, 0.15) is 18.2 Å². The molecule has 1 aromatic carbocycles. The van der Waals surface area contributed by atoms with Gasteiger partial charge in [-0.25, -0.2) is 0 Å². The van der Waals surface area contributed by atoms with Crippen LogP contribution in [-0.4, -0.2) is 35.1 Å². The molecule has 1 aromatic heterocycles. The molecule has 6 nitrogen and oxygen atoms in total. The van der Waals surface area contributed by atoms with Crippen LogP contribution in [0.3, 0.4) is 0 Å². The number of rotatable bonds is 8. The molecular formula is C14H18N2O4. The van der Waals surface area contributed by atoms with Crippen molar-refractivity contribution in [2.45, 2.75) is 19.8 Å². The molecule has 2 rings (SSSR count). The number of para-hydroxylation sites is 2. The van der Waals surface area contributed by atoms with Crippen molar-refractivity contribution in [2.24, 2.45) is 0 Å². The second-order valence-corrected chi connectivity index (χ2v) is 4.19. The van der Waals surface area contributed by atoms with Gasteiger partial charge in [0.15, 0.2) is 11.5 Å². The van der Waals surface area contributed by atoms with Crippen molar-refractivity contribution in [1.82, 2.24) is 10.2 Å². The predicted molar refractivity (Wildman–Crippen MR) is 71.9 cm³/mol. The van der Waals surface area contributed by atoms with E-state index in [4.69, 9.17) is 19.0 Å².